The molecule has 0 spiro atoms. The summed E-state index contributed by atoms with van der Waals surface area (Å²) in [6, 6.07) is 1.57. The molecule has 0 saturated carbocycles. The molecule has 0 amide bonds. The Kier molecular flexibility index (Phi) is 2.28. The summed E-state index contributed by atoms with van der Waals surface area (Å²) in [7, 11) is 1.88. The van der Waals surface area contributed by atoms with Crippen LogP contribution in [0.3, 0.4) is 0 Å². The quantitative estimate of drug-likeness (QED) is 0.529. The number of aromatic nitrogens is 2. The van der Waals surface area contributed by atoms with Gasteiger partial charge in [-0.1, -0.05) is 0 Å². The van der Waals surface area contributed by atoms with Crippen LogP contribution in [0, 0.1) is 0 Å². The van der Waals surface area contributed by atoms with Crippen LogP contribution in [0.2, 0.25) is 0 Å². The highest BCUT2D eigenvalue weighted by molar-refractivity contribution is 4.98. The lowest BCUT2D eigenvalue weighted by molar-refractivity contribution is 0.772. The van der Waals surface area contributed by atoms with Gasteiger partial charge in [-0.25, -0.2) is 0 Å². The largest absolute Gasteiger partial charge is 0.319 e. The molecular formula is C6H11N3O. The van der Waals surface area contributed by atoms with Crippen LogP contribution in [0.4, 0.5) is 0 Å². The topological polar surface area (TPSA) is 60.7 Å². The maximum Gasteiger partial charge on any atom is 0.264 e. The Morgan fingerprint density at radius 3 is 2.90 bits per heavy atom. The highest BCUT2D eigenvalue weighted by Gasteiger charge is 1.92. The maximum absolute atomic E-state index is 10.5. The second kappa shape index (κ2) is 3.22. The third kappa shape index (κ3) is 1.73. The molecule has 0 bridgehead atoms. The maximum atomic E-state index is 10.5. The van der Waals surface area contributed by atoms with Crippen LogP contribution in [0.5, 0.6) is 0 Å². The predicted molar refractivity (Wildman–Crippen MR) is 39.0 cm³/mol. The number of H-pyrrole nitrogens is 2. The van der Waals surface area contributed by atoms with E-state index in [1.54, 1.807) is 6.07 Å². The molecule has 56 valence electrons. The summed E-state index contributed by atoms with van der Waals surface area (Å²) in [5.41, 5.74) is 0.880. The van der Waals surface area contributed by atoms with E-state index in [-0.39, 0.29) is 5.56 Å². The molecule has 0 aromatic carbocycles. The highest BCUT2D eigenvalue weighted by Crippen LogP contribution is 1.85. The molecule has 0 saturated heterocycles. The van der Waals surface area contributed by atoms with Crippen LogP contribution in [-0.2, 0) is 6.42 Å². The molecule has 3 N–H and O–H groups in total. The number of aromatic amines is 2. The molecule has 4 heteroatoms. The third-order valence-electron chi connectivity index (χ3n) is 1.30. The number of rotatable bonds is 3. The molecule has 0 aliphatic heterocycles. The molecule has 1 heterocycles. The Bertz CT molecular complexity index is 237. The molecule has 0 atom stereocenters. The average molecular weight is 141 g/mol. The summed E-state index contributed by atoms with van der Waals surface area (Å²) in [4.78, 5) is 10.5. The van der Waals surface area contributed by atoms with Crippen LogP contribution in [0.15, 0.2) is 10.9 Å². The van der Waals surface area contributed by atoms with Crippen LogP contribution in [0.1, 0.15) is 5.69 Å². The van der Waals surface area contributed by atoms with E-state index in [9.17, 15) is 4.79 Å². The summed E-state index contributed by atoms with van der Waals surface area (Å²) < 4.78 is 0. The van der Waals surface area contributed by atoms with E-state index in [1.165, 1.54) is 0 Å². The van der Waals surface area contributed by atoms with Gasteiger partial charge in [0.2, 0.25) is 0 Å². The molecule has 1 aromatic heterocycles. The van der Waals surface area contributed by atoms with Crippen molar-refractivity contribution in [3.05, 3.63) is 22.1 Å². The molecule has 0 radical (unpaired) electrons. The van der Waals surface area contributed by atoms with E-state index in [4.69, 9.17) is 0 Å². The zero-order valence-electron chi connectivity index (χ0n) is 5.90. The predicted octanol–water partition coefficient (Wildman–Crippen LogP) is -0.535. The smallest absolute Gasteiger partial charge is 0.264 e. The van der Waals surface area contributed by atoms with Crippen molar-refractivity contribution in [1.29, 1.82) is 0 Å². The summed E-state index contributed by atoms with van der Waals surface area (Å²) >= 11 is 0. The molecule has 0 unspecified atom stereocenters. The van der Waals surface area contributed by atoms with Crippen LogP contribution < -0.4 is 10.9 Å². The van der Waals surface area contributed by atoms with E-state index >= 15 is 0 Å². The Balaban J connectivity index is 2.50. The summed E-state index contributed by atoms with van der Waals surface area (Å²) in [6.07, 6.45) is 0.856. The zero-order valence-corrected chi connectivity index (χ0v) is 5.90. The minimum Gasteiger partial charge on any atom is -0.319 e. The normalized spacial score (nSPS) is 10.1. The van der Waals surface area contributed by atoms with Crippen molar-refractivity contribution in [2.24, 2.45) is 0 Å². The number of hydrogen-bond acceptors (Lipinski definition) is 2. The molecule has 4 nitrogen and oxygen atoms in total. The van der Waals surface area contributed by atoms with Gasteiger partial charge in [0.1, 0.15) is 0 Å². The monoisotopic (exact) mass is 141 g/mol. The first-order valence-corrected chi connectivity index (χ1v) is 3.24. The van der Waals surface area contributed by atoms with Gasteiger partial charge in [-0.05, 0) is 7.05 Å². The number of nitrogens with one attached hydrogen (secondary N) is 3. The van der Waals surface area contributed by atoms with E-state index in [1.807, 2.05) is 7.05 Å². The van der Waals surface area contributed by atoms with Gasteiger partial charge in [0.25, 0.3) is 5.56 Å². The zero-order chi connectivity index (χ0) is 7.40. The fraction of sp³-hybridized carbons (Fsp3) is 0.500. The molecule has 1 aromatic rings. The minimum atomic E-state index is -0.0638. The fourth-order valence-electron chi connectivity index (χ4n) is 0.767. The highest BCUT2D eigenvalue weighted by atomic mass is 16.1. The lowest BCUT2D eigenvalue weighted by atomic mass is 10.3. The Hall–Kier alpha value is -1.03. The van der Waals surface area contributed by atoms with Crippen molar-refractivity contribution in [3.63, 3.8) is 0 Å². The summed E-state index contributed by atoms with van der Waals surface area (Å²) in [6.45, 7) is 0.883. The second-order valence-corrected chi connectivity index (χ2v) is 2.14. The van der Waals surface area contributed by atoms with Gasteiger partial charge >= 0.3 is 0 Å². The van der Waals surface area contributed by atoms with Crippen LogP contribution in [-0.4, -0.2) is 23.8 Å². The van der Waals surface area contributed by atoms with Crippen molar-refractivity contribution in [2.45, 2.75) is 6.42 Å². The first-order valence-electron chi connectivity index (χ1n) is 3.24. The lowest BCUT2D eigenvalue weighted by Crippen LogP contribution is -2.10. The minimum absolute atomic E-state index is 0.0638. The second-order valence-electron chi connectivity index (χ2n) is 2.14. The molecule has 0 fully saturated rings. The molecular weight excluding hydrogens is 130 g/mol. The first kappa shape index (κ1) is 7.08. The number of hydrogen-bond donors (Lipinski definition) is 3. The van der Waals surface area contributed by atoms with E-state index < -0.39 is 0 Å². The Labute approximate surface area is 58.6 Å². The van der Waals surface area contributed by atoms with Crippen molar-refractivity contribution in [1.82, 2.24) is 15.5 Å². The van der Waals surface area contributed by atoms with Crippen molar-refractivity contribution >= 4 is 0 Å². The van der Waals surface area contributed by atoms with Gasteiger partial charge in [0, 0.05) is 24.7 Å². The van der Waals surface area contributed by atoms with Crippen LogP contribution >= 0.6 is 0 Å². The average Bonchev–Trinajstić information content (AvgIpc) is 2.31. The van der Waals surface area contributed by atoms with Gasteiger partial charge in [-0.2, -0.15) is 0 Å². The van der Waals surface area contributed by atoms with Crippen LogP contribution in [0.25, 0.3) is 0 Å². The summed E-state index contributed by atoms with van der Waals surface area (Å²) in [5.74, 6) is 0. The van der Waals surface area contributed by atoms with Gasteiger partial charge in [-0.3, -0.25) is 9.89 Å². The van der Waals surface area contributed by atoms with Gasteiger partial charge in [-0.15, -0.1) is 0 Å². The van der Waals surface area contributed by atoms with Crippen molar-refractivity contribution in [3.8, 4) is 0 Å². The number of likely N-dealkylation sites (N-methyl/N-ethyl adjacent to an activating group) is 1. The van der Waals surface area contributed by atoms with Gasteiger partial charge < -0.3 is 10.4 Å². The fourth-order valence-corrected chi connectivity index (χ4v) is 0.767. The van der Waals surface area contributed by atoms with E-state index in [0.717, 1.165) is 18.7 Å². The molecule has 1 rings (SSSR count). The van der Waals surface area contributed by atoms with Gasteiger partial charge in [0.05, 0.1) is 0 Å². The standard InChI is InChI=1S/C6H11N3O/c1-7-3-2-5-4-6(10)9-8-5/h4,7H,2-3H2,1H3,(H2,8,9,10). The summed E-state index contributed by atoms with van der Waals surface area (Å²) in [5, 5.41) is 8.22. The Morgan fingerprint density at radius 2 is 2.40 bits per heavy atom. The van der Waals surface area contributed by atoms with Crippen molar-refractivity contribution < 1.29 is 0 Å². The molecule has 0 aliphatic rings. The van der Waals surface area contributed by atoms with E-state index in [2.05, 4.69) is 15.5 Å². The first-order chi connectivity index (χ1) is 4.83. The molecule has 0 aliphatic carbocycles. The third-order valence-corrected chi connectivity index (χ3v) is 1.30. The van der Waals surface area contributed by atoms with E-state index in [0.29, 0.717) is 0 Å². The lowest BCUT2D eigenvalue weighted by Gasteiger charge is -1.93. The Morgan fingerprint density at radius 1 is 1.60 bits per heavy atom. The van der Waals surface area contributed by atoms with Crippen molar-refractivity contribution in [2.75, 3.05) is 13.6 Å². The van der Waals surface area contributed by atoms with Gasteiger partial charge in [0.15, 0.2) is 0 Å². The SMILES string of the molecule is CNCCc1cc(=O)[nH][nH]1. The molecule has 10 heavy (non-hydrogen) atoms.